The molecule has 184 valence electrons. The SMILES string of the molecule is COCCOc1nc(N)c2nc(C)n(Cc3cc(CN4CCCCC4)cc(C(F)(F)F)c3)c2n1. The Bertz CT molecular complexity index is 1140. The number of hydrogen-bond acceptors (Lipinski definition) is 7. The van der Waals surface area contributed by atoms with E-state index in [-0.39, 0.29) is 25.0 Å². The standard InChI is InChI=1S/C23H29F3N6O2/c1-15-28-19-20(27)29-22(34-9-8-33-2)30-21(19)32(15)14-17-10-16(11-18(12-17)23(24,25)26)13-31-6-4-3-5-7-31/h10-12H,3-9,13-14H2,1-2H3,(H2,27,29,30). The Morgan fingerprint density at radius 2 is 1.68 bits per heavy atom. The Morgan fingerprint density at radius 3 is 2.35 bits per heavy atom. The van der Waals surface area contributed by atoms with E-state index in [2.05, 4.69) is 19.9 Å². The summed E-state index contributed by atoms with van der Waals surface area (Å²) in [5, 5.41) is 0. The number of imidazole rings is 1. The Morgan fingerprint density at radius 1 is 0.971 bits per heavy atom. The first kappa shape index (κ1) is 24.2. The van der Waals surface area contributed by atoms with Crippen LogP contribution in [0.3, 0.4) is 0 Å². The van der Waals surface area contributed by atoms with Crippen molar-refractivity contribution in [3.63, 3.8) is 0 Å². The number of piperidine rings is 1. The molecule has 0 aliphatic carbocycles. The van der Waals surface area contributed by atoms with Gasteiger partial charge in [-0.05, 0) is 56.1 Å². The molecule has 0 spiro atoms. The zero-order chi connectivity index (χ0) is 24.3. The molecular weight excluding hydrogens is 449 g/mol. The summed E-state index contributed by atoms with van der Waals surface area (Å²) in [7, 11) is 1.55. The number of hydrogen-bond donors (Lipinski definition) is 1. The molecule has 8 nitrogen and oxygen atoms in total. The third-order valence-corrected chi connectivity index (χ3v) is 5.89. The summed E-state index contributed by atoms with van der Waals surface area (Å²) >= 11 is 0. The molecule has 34 heavy (non-hydrogen) atoms. The number of aryl methyl sites for hydroxylation is 1. The Labute approximate surface area is 195 Å². The molecule has 0 bridgehead atoms. The zero-order valence-corrected chi connectivity index (χ0v) is 19.4. The van der Waals surface area contributed by atoms with Crippen molar-refractivity contribution in [1.82, 2.24) is 24.4 Å². The van der Waals surface area contributed by atoms with E-state index in [4.69, 9.17) is 15.2 Å². The molecule has 1 aliphatic heterocycles. The van der Waals surface area contributed by atoms with E-state index in [1.165, 1.54) is 18.6 Å². The third-order valence-electron chi connectivity index (χ3n) is 5.89. The quantitative estimate of drug-likeness (QED) is 0.493. The predicted molar refractivity (Wildman–Crippen MR) is 122 cm³/mol. The van der Waals surface area contributed by atoms with Crippen LogP contribution in [0.4, 0.5) is 19.0 Å². The topological polar surface area (TPSA) is 91.3 Å². The van der Waals surface area contributed by atoms with E-state index >= 15 is 0 Å². The van der Waals surface area contributed by atoms with Gasteiger partial charge >= 0.3 is 12.2 Å². The van der Waals surface area contributed by atoms with Crippen LogP contribution < -0.4 is 10.5 Å². The monoisotopic (exact) mass is 478 g/mol. The van der Waals surface area contributed by atoms with Gasteiger partial charge in [0.1, 0.15) is 12.4 Å². The van der Waals surface area contributed by atoms with Gasteiger partial charge in [0.15, 0.2) is 17.0 Å². The molecule has 2 N–H and O–H groups in total. The maximum atomic E-state index is 13.7. The van der Waals surface area contributed by atoms with Gasteiger partial charge in [0.2, 0.25) is 0 Å². The van der Waals surface area contributed by atoms with Gasteiger partial charge in [0, 0.05) is 13.7 Å². The largest absolute Gasteiger partial charge is 0.461 e. The van der Waals surface area contributed by atoms with Crippen molar-refractivity contribution in [2.24, 2.45) is 0 Å². The van der Waals surface area contributed by atoms with Crippen LogP contribution in [-0.4, -0.2) is 57.8 Å². The van der Waals surface area contributed by atoms with E-state index in [9.17, 15) is 13.2 Å². The van der Waals surface area contributed by atoms with Crippen LogP contribution in [0.15, 0.2) is 18.2 Å². The molecule has 1 fully saturated rings. The fourth-order valence-electron chi connectivity index (χ4n) is 4.25. The number of anilines is 1. The molecule has 0 atom stereocenters. The molecule has 1 aliphatic rings. The van der Waals surface area contributed by atoms with Crippen molar-refractivity contribution in [1.29, 1.82) is 0 Å². The first-order valence-electron chi connectivity index (χ1n) is 11.3. The molecule has 3 aromatic rings. The van der Waals surface area contributed by atoms with Gasteiger partial charge in [-0.25, -0.2) is 4.98 Å². The maximum Gasteiger partial charge on any atom is 0.416 e. The first-order valence-corrected chi connectivity index (χ1v) is 11.3. The number of likely N-dealkylation sites (tertiary alicyclic amines) is 1. The van der Waals surface area contributed by atoms with Crippen LogP contribution in [0.5, 0.6) is 6.01 Å². The lowest BCUT2D eigenvalue weighted by Gasteiger charge is -2.27. The number of alkyl halides is 3. The van der Waals surface area contributed by atoms with Crippen molar-refractivity contribution in [2.45, 2.75) is 45.5 Å². The second-order valence-corrected chi connectivity index (χ2v) is 8.52. The highest BCUT2D eigenvalue weighted by atomic mass is 19.4. The molecule has 1 saturated heterocycles. The first-order chi connectivity index (χ1) is 16.2. The fourth-order valence-corrected chi connectivity index (χ4v) is 4.25. The number of benzene rings is 1. The number of nitrogens with zero attached hydrogens (tertiary/aromatic N) is 5. The molecule has 0 unspecified atom stereocenters. The summed E-state index contributed by atoms with van der Waals surface area (Å²) in [6.45, 7) is 4.80. The number of methoxy groups -OCH3 is 1. The molecule has 0 amide bonds. The Balaban J connectivity index is 1.68. The molecule has 3 heterocycles. The number of rotatable bonds is 8. The fraction of sp³-hybridized carbons (Fsp3) is 0.522. The summed E-state index contributed by atoms with van der Waals surface area (Å²) < 4.78 is 53.3. The van der Waals surface area contributed by atoms with Gasteiger partial charge in [-0.1, -0.05) is 12.5 Å². The highest BCUT2D eigenvalue weighted by Gasteiger charge is 2.31. The number of halogens is 3. The van der Waals surface area contributed by atoms with Gasteiger partial charge < -0.3 is 19.8 Å². The smallest absolute Gasteiger partial charge is 0.416 e. The summed E-state index contributed by atoms with van der Waals surface area (Å²) in [6.07, 6.45) is -1.13. The van der Waals surface area contributed by atoms with E-state index < -0.39 is 11.7 Å². The average molecular weight is 479 g/mol. The van der Waals surface area contributed by atoms with Gasteiger partial charge in [-0.15, -0.1) is 0 Å². The van der Waals surface area contributed by atoms with Crippen molar-refractivity contribution < 1.29 is 22.6 Å². The maximum absolute atomic E-state index is 13.7. The van der Waals surface area contributed by atoms with Gasteiger partial charge in [0.25, 0.3) is 0 Å². The lowest BCUT2D eigenvalue weighted by molar-refractivity contribution is -0.137. The van der Waals surface area contributed by atoms with Crippen LogP contribution in [0.2, 0.25) is 0 Å². The van der Waals surface area contributed by atoms with E-state index in [0.717, 1.165) is 25.9 Å². The average Bonchev–Trinajstić information content (AvgIpc) is 3.10. The Kier molecular flexibility index (Phi) is 7.22. The summed E-state index contributed by atoms with van der Waals surface area (Å²) in [5.41, 5.74) is 7.36. The lowest BCUT2D eigenvalue weighted by Crippen LogP contribution is -2.29. The minimum Gasteiger partial charge on any atom is -0.461 e. The van der Waals surface area contributed by atoms with E-state index in [0.29, 0.717) is 41.3 Å². The summed E-state index contributed by atoms with van der Waals surface area (Å²) in [6, 6.07) is 4.33. The van der Waals surface area contributed by atoms with Crippen molar-refractivity contribution in [3.05, 3.63) is 40.7 Å². The molecule has 4 rings (SSSR count). The summed E-state index contributed by atoms with van der Waals surface area (Å²) in [5.74, 6) is 0.717. The van der Waals surface area contributed by atoms with E-state index in [1.54, 1.807) is 18.6 Å². The van der Waals surface area contributed by atoms with Crippen molar-refractivity contribution in [3.8, 4) is 6.01 Å². The zero-order valence-electron chi connectivity index (χ0n) is 19.4. The number of nitrogens with two attached hydrogens (primary N) is 1. The molecule has 11 heteroatoms. The van der Waals surface area contributed by atoms with Crippen molar-refractivity contribution >= 4 is 17.0 Å². The molecule has 0 radical (unpaired) electrons. The van der Waals surface area contributed by atoms with Gasteiger partial charge in [-0.3, -0.25) is 4.90 Å². The minimum absolute atomic E-state index is 0.0676. The van der Waals surface area contributed by atoms with Crippen molar-refractivity contribution in [2.75, 3.05) is 39.1 Å². The third kappa shape index (κ3) is 5.58. The second-order valence-electron chi connectivity index (χ2n) is 8.52. The lowest BCUT2D eigenvalue weighted by atomic mass is 10.0. The molecule has 2 aromatic heterocycles. The number of aromatic nitrogens is 4. The molecule has 1 aromatic carbocycles. The minimum atomic E-state index is -4.44. The van der Waals surface area contributed by atoms with Crippen LogP contribution in [0, 0.1) is 6.92 Å². The summed E-state index contributed by atoms with van der Waals surface area (Å²) in [4.78, 5) is 15.2. The number of fused-ring (bicyclic) bond motifs is 1. The van der Waals surface area contributed by atoms with Crippen LogP contribution in [0.1, 0.15) is 41.8 Å². The van der Waals surface area contributed by atoms with E-state index in [1.807, 2.05) is 6.07 Å². The molecule has 0 saturated carbocycles. The van der Waals surface area contributed by atoms with Gasteiger partial charge in [0.05, 0.1) is 18.7 Å². The van der Waals surface area contributed by atoms with Crippen LogP contribution in [0.25, 0.3) is 11.2 Å². The second kappa shape index (κ2) is 10.1. The highest BCUT2D eigenvalue weighted by molar-refractivity contribution is 5.82. The van der Waals surface area contributed by atoms with Crippen LogP contribution >= 0.6 is 0 Å². The normalized spacial score (nSPS) is 15.2. The van der Waals surface area contributed by atoms with Crippen LogP contribution in [-0.2, 0) is 24.0 Å². The number of ether oxygens (including phenoxy) is 2. The van der Waals surface area contributed by atoms with Gasteiger partial charge in [-0.2, -0.15) is 23.1 Å². The predicted octanol–water partition coefficient (Wildman–Crippen LogP) is 3.80. The molecular formula is C23H29F3N6O2. The highest BCUT2D eigenvalue weighted by Crippen LogP contribution is 2.32. The number of nitrogen functional groups attached to an aromatic ring is 1. The Hall–Kier alpha value is -2.92.